The molecule has 0 amide bonds. The molecule has 1 nitrogen and oxygen atoms in total. The van der Waals surface area contributed by atoms with Crippen molar-refractivity contribution in [2.45, 2.75) is 58.0 Å². The molecule has 0 bridgehead atoms. The van der Waals surface area contributed by atoms with Gasteiger partial charge in [-0.15, -0.1) is 0 Å². The minimum atomic E-state index is 0.782. The average Bonchev–Trinajstić information content (AvgIpc) is 2.05. The molecule has 0 unspecified atom stereocenters. The van der Waals surface area contributed by atoms with Gasteiger partial charge in [0, 0.05) is 6.04 Å². The van der Waals surface area contributed by atoms with Crippen molar-refractivity contribution in [3.8, 4) is 0 Å². The standard InChI is InChI=1S/C9H21NSi/c1-8(2)10(11)9-6-4-3-5-7-9/h8-9H,3-7H2,1-2,11H3. The van der Waals surface area contributed by atoms with Gasteiger partial charge in [0.1, 0.15) is 0 Å². The van der Waals surface area contributed by atoms with Crippen LogP contribution in [0.15, 0.2) is 0 Å². The van der Waals surface area contributed by atoms with Gasteiger partial charge < -0.3 is 4.57 Å². The monoisotopic (exact) mass is 171 g/mol. The summed E-state index contributed by atoms with van der Waals surface area (Å²) in [7, 11) is 1.25. The first-order chi connectivity index (χ1) is 5.22. The van der Waals surface area contributed by atoms with E-state index in [9.17, 15) is 0 Å². The molecular formula is C9H21NSi. The highest BCUT2D eigenvalue weighted by atomic mass is 28.2. The van der Waals surface area contributed by atoms with Crippen LogP contribution >= 0.6 is 0 Å². The number of hydrogen-bond acceptors (Lipinski definition) is 1. The van der Waals surface area contributed by atoms with Gasteiger partial charge in [-0.25, -0.2) is 0 Å². The van der Waals surface area contributed by atoms with Crippen LogP contribution in [0.3, 0.4) is 0 Å². The fraction of sp³-hybridized carbons (Fsp3) is 1.00. The quantitative estimate of drug-likeness (QED) is 0.566. The molecule has 66 valence electrons. The fourth-order valence-corrected chi connectivity index (χ4v) is 2.43. The summed E-state index contributed by atoms with van der Waals surface area (Å²) < 4.78 is 2.67. The van der Waals surface area contributed by atoms with E-state index in [0.29, 0.717) is 0 Å². The zero-order valence-corrected chi connectivity index (χ0v) is 10.1. The lowest BCUT2D eigenvalue weighted by Crippen LogP contribution is -2.39. The van der Waals surface area contributed by atoms with Gasteiger partial charge in [-0.1, -0.05) is 33.1 Å². The third kappa shape index (κ3) is 2.60. The average molecular weight is 171 g/mol. The van der Waals surface area contributed by atoms with E-state index in [0.717, 1.165) is 12.1 Å². The van der Waals surface area contributed by atoms with Crippen molar-refractivity contribution >= 4 is 10.4 Å². The third-order valence-corrected chi connectivity index (χ3v) is 4.73. The number of hydrogen-bond donors (Lipinski definition) is 0. The predicted octanol–water partition coefficient (Wildman–Crippen LogP) is 1.31. The first kappa shape index (κ1) is 9.27. The van der Waals surface area contributed by atoms with Gasteiger partial charge in [-0.2, -0.15) is 0 Å². The summed E-state index contributed by atoms with van der Waals surface area (Å²) in [5.74, 6) is 0. The van der Waals surface area contributed by atoms with Crippen LogP contribution in [-0.4, -0.2) is 27.1 Å². The van der Waals surface area contributed by atoms with Crippen LogP contribution in [0.2, 0.25) is 0 Å². The highest BCUT2D eigenvalue weighted by molar-refractivity contribution is 6.04. The van der Waals surface area contributed by atoms with Gasteiger partial charge in [0.05, 0.1) is 10.4 Å². The Balaban J connectivity index is 2.32. The molecule has 11 heavy (non-hydrogen) atoms. The normalized spacial score (nSPS) is 21.8. The van der Waals surface area contributed by atoms with E-state index in [2.05, 4.69) is 18.4 Å². The molecule has 1 aliphatic rings. The van der Waals surface area contributed by atoms with Crippen LogP contribution < -0.4 is 0 Å². The lowest BCUT2D eigenvalue weighted by Gasteiger charge is -2.34. The molecule has 0 aromatic rings. The van der Waals surface area contributed by atoms with Crippen LogP contribution in [0.1, 0.15) is 46.0 Å². The summed E-state index contributed by atoms with van der Waals surface area (Å²) in [4.78, 5) is 0. The van der Waals surface area contributed by atoms with E-state index in [1.807, 2.05) is 0 Å². The second-order valence-electron chi connectivity index (χ2n) is 4.05. The Morgan fingerprint density at radius 3 is 2.18 bits per heavy atom. The molecule has 1 rings (SSSR count). The summed E-state index contributed by atoms with van der Waals surface area (Å²) in [5, 5.41) is 0. The Bertz CT molecular complexity index is 108. The molecule has 0 N–H and O–H groups in total. The lowest BCUT2D eigenvalue weighted by atomic mass is 9.95. The lowest BCUT2D eigenvalue weighted by molar-refractivity contribution is 0.228. The molecule has 0 atom stereocenters. The summed E-state index contributed by atoms with van der Waals surface area (Å²) in [6.07, 6.45) is 7.33. The molecule has 0 radical (unpaired) electrons. The highest BCUT2D eigenvalue weighted by Gasteiger charge is 2.18. The third-order valence-electron chi connectivity index (χ3n) is 2.97. The predicted molar refractivity (Wildman–Crippen MR) is 53.8 cm³/mol. The van der Waals surface area contributed by atoms with E-state index in [-0.39, 0.29) is 0 Å². The van der Waals surface area contributed by atoms with Gasteiger partial charge in [0.2, 0.25) is 0 Å². The Kier molecular flexibility index (Phi) is 3.59. The zero-order valence-electron chi connectivity index (χ0n) is 8.14. The van der Waals surface area contributed by atoms with E-state index in [1.165, 1.54) is 42.5 Å². The number of rotatable bonds is 2. The molecule has 2 heteroatoms. The van der Waals surface area contributed by atoms with Crippen molar-refractivity contribution in [2.75, 3.05) is 0 Å². The molecule has 0 heterocycles. The molecule has 1 fully saturated rings. The van der Waals surface area contributed by atoms with Gasteiger partial charge in [-0.3, -0.25) is 0 Å². The van der Waals surface area contributed by atoms with Crippen molar-refractivity contribution in [3.05, 3.63) is 0 Å². The summed E-state index contributed by atoms with van der Waals surface area (Å²) in [5.41, 5.74) is 0. The van der Waals surface area contributed by atoms with Crippen molar-refractivity contribution in [3.63, 3.8) is 0 Å². The van der Waals surface area contributed by atoms with Gasteiger partial charge in [-0.05, 0) is 18.9 Å². The summed E-state index contributed by atoms with van der Waals surface area (Å²) in [6, 6.07) is 1.72. The van der Waals surface area contributed by atoms with Gasteiger partial charge in [0.15, 0.2) is 0 Å². The fourth-order valence-electron chi connectivity index (χ4n) is 1.91. The van der Waals surface area contributed by atoms with Crippen molar-refractivity contribution in [2.24, 2.45) is 0 Å². The summed E-state index contributed by atoms with van der Waals surface area (Å²) >= 11 is 0. The maximum absolute atomic E-state index is 2.67. The van der Waals surface area contributed by atoms with Crippen LogP contribution in [0.5, 0.6) is 0 Å². The van der Waals surface area contributed by atoms with Gasteiger partial charge in [0.25, 0.3) is 0 Å². The minimum absolute atomic E-state index is 0.782. The molecule has 0 saturated heterocycles. The molecule has 0 aliphatic heterocycles. The second-order valence-corrected chi connectivity index (χ2v) is 5.08. The molecule has 0 spiro atoms. The molecule has 1 saturated carbocycles. The largest absolute Gasteiger partial charge is 0.327 e. The Morgan fingerprint density at radius 1 is 1.18 bits per heavy atom. The SMILES string of the molecule is CC(C)N([SiH3])C1CCCCC1. The zero-order chi connectivity index (χ0) is 8.27. The van der Waals surface area contributed by atoms with E-state index >= 15 is 0 Å². The van der Waals surface area contributed by atoms with Crippen LogP contribution in [0.4, 0.5) is 0 Å². The first-order valence-electron chi connectivity index (χ1n) is 4.93. The molecule has 0 aromatic carbocycles. The molecule has 1 aliphatic carbocycles. The van der Waals surface area contributed by atoms with E-state index in [4.69, 9.17) is 0 Å². The van der Waals surface area contributed by atoms with Crippen LogP contribution in [-0.2, 0) is 0 Å². The Morgan fingerprint density at radius 2 is 1.73 bits per heavy atom. The summed E-state index contributed by atoms with van der Waals surface area (Å²) in [6.45, 7) is 4.64. The van der Waals surface area contributed by atoms with E-state index < -0.39 is 0 Å². The topological polar surface area (TPSA) is 3.24 Å². The number of nitrogens with zero attached hydrogens (tertiary/aromatic N) is 1. The Labute approximate surface area is 73.7 Å². The molecular weight excluding hydrogens is 150 g/mol. The molecule has 0 aromatic heterocycles. The van der Waals surface area contributed by atoms with Crippen molar-refractivity contribution in [1.29, 1.82) is 0 Å². The maximum Gasteiger partial charge on any atom is 0.0791 e. The minimum Gasteiger partial charge on any atom is -0.327 e. The first-order valence-corrected chi connectivity index (χ1v) is 5.83. The van der Waals surface area contributed by atoms with Crippen LogP contribution in [0.25, 0.3) is 0 Å². The van der Waals surface area contributed by atoms with Crippen molar-refractivity contribution < 1.29 is 0 Å². The second kappa shape index (κ2) is 4.26. The Hall–Kier alpha value is 0.177. The van der Waals surface area contributed by atoms with Crippen molar-refractivity contribution in [1.82, 2.24) is 4.57 Å². The smallest absolute Gasteiger partial charge is 0.0791 e. The highest BCUT2D eigenvalue weighted by Crippen LogP contribution is 2.22. The van der Waals surface area contributed by atoms with E-state index in [1.54, 1.807) is 0 Å². The van der Waals surface area contributed by atoms with Crippen LogP contribution in [0, 0.1) is 0 Å². The van der Waals surface area contributed by atoms with Gasteiger partial charge >= 0.3 is 0 Å². The maximum atomic E-state index is 2.67.